The number of hydrogen-bond acceptors (Lipinski definition) is 8. The lowest BCUT2D eigenvalue weighted by Crippen LogP contribution is -2.11. The Morgan fingerprint density at radius 2 is 1.45 bits per heavy atom. The molecule has 1 aromatic carbocycles. The first kappa shape index (κ1) is 16.2. The fourth-order valence-corrected chi connectivity index (χ4v) is 2.40. The highest BCUT2D eigenvalue weighted by Gasteiger charge is 2.20. The van der Waals surface area contributed by atoms with E-state index in [-0.39, 0.29) is 11.0 Å². The molecule has 12 heteroatoms. The monoisotopic (exact) mass is 352 g/mol. The lowest BCUT2D eigenvalue weighted by Gasteiger charge is -2.10. The Labute approximate surface area is 123 Å². The number of rotatable bonds is 4. The second kappa shape index (κ2) is 5.24. The topological polar surface area (TPSA) is 157 Å². The maximum atomic E-state index is 11.3. The summed E-state index contributed by atoms with van der Waals surface area (Å²) in [7, 11) is -10.0. The molecule has 0 spiro atoms. The van der Waals surface area contributed by atoms with Crippen LogP contribution in [0.2, 0.25) is 0 Å². The summed E-state index contributed by atoms with van der Waals surface area (Å²) >= 11 is 0. The molecule has 2 aromatic rings. The van der Waals surface area contributed by atoms with Crippen molar-refractivity contribution in [2.75, 3.05) is 0 Å². The normalized spacial score (nSPS) is 12.3. The van der Waals surface area contributed by atoms with Gasteiger partial charge in [-0.3, -0.25) is 9.11 Å². The molecule has 0 aliphatic heterocycles. The van der Waals surface area contributed by atoms with Gasteiger partial charge in [-0.2, -0.15) is 16.8 Å². The van der Waals surface area contributed by atoms with E-state index in [1.165, 1.54) is 6.92 Å². The van der Waals surface area contributed by atoms with E-state index in [1.54, 1.807) is 0 Å². The number of fused-ring (bicyclic) bond motifs is 1. The van der Waals surface area contributed by atoms with Gasteiger partial charge in [-0.1, -0.05) is 0 Å². The second-order valence-electron chi connectivity index (χ2n) is 4.07. The minimum Gasteiger partial charge on any atom is -0.423 e. The van der Waals surface area contributed by atoms with Crippen LogP contribution in [-0.4, -0.2) is 25.9 Å². The first-order valence-electron chi connectivity index (χ1n) is 5.37. The van der Waals surface area contributed by atoms with Gasteiger partial charge in [-0.05, 0) is 18.6 Å². The molecule has 2 N–H and O–H groups in total. The Morgan fingerprint density at radius 3 is 1.95 bits per heavy atom. The third kappa shape index (κ3) is 3.94. The summed E-state index contributed by atoms with van der Waals surface area (Å²) < 4.78 is 73.6. The molecule has 0 fully saturated rings. The van der Waals surface area contributed by atoms with Crippen LogP contribution in [0, 0.1) is 6.92 Å². The molecule has 22 heavy (non-hydrogen) atoms. The van der Waals surface area contributed by atoms with Crippen LogP contribution in [0.3, 0.4) is 0 Å². The molecule has 120 valence electrons. The van der Waals surface area contributed by atoms with E-state index in [4.69, 9.17) is 13.5 Å². The molecule has 10 nitrogen and oxygen atoms in total. The first-order chi connectivity index (χ1) is 9.94. The van der Waals surface area contributed by atoms with Gasteiger partial charge in [0, 0.05) is 17.5 Å². The smallest absolute Gasteiger partial charge is 0.423 e. The van der Waals surface area contributed by atoms with Crippen molar-refractivity contribution in [3.8, 4) is 11.5 Å². The summed E-state index contributed by atoms with van der Waals surface area (Å²) in [6, 6.07) is 2.88. The molecule has 0 amide bonds. The average Bonchev–Trinajstić information content (AvgIpc) is 2.26. The zero-order valence-corrected chi connectivity index (χ0v) is 12.3. The van der Waals surface area contributed by atoms with Gasteiger partial charge in [-0.25, -0.2) is 4.79 Å². The van der Waals surface area contributed by atoms with Crippen molar-refractivity contribution in [3.63, 3.8) is 0 Å². The van der Waals surface area contributed by atoms with Crippen molar-refractivity contribution in [1.82, 2.24) is 0 Å². The molecule has 0 radical (unpaired) electrons. The number of hydrogen-bond donors (Lipinski definition) is 2. The van der Waals surface area contributed by atoms with Crippen molar-refractivity contribution >= 4 is 31.8 Å². The average molecular weight is 352 g/mol. The fourth-order valence-electron chi connectivity index (χ4n) is 1.68. The van der Waals surface area contributed by atoms with Crippen molar-refractivity contribution in [1.29, 1.82) is 0 Å². The lowest BCUT2D eigenvalue weighted by atomic mass is 10.1. The predicted molar refractivity (Wildman–Crippen MR) is 71.6 cm³/mol. The van der Waals surface area contributed by atoms with Crippen molar-refractivity contribution < 1.29 is 38.7 Å². The molecule has 0 atom stereocenters. The summed E-state index contributed by atoms with van der Waals surface area (Å²) in [6.45, 7) is 1.50. The molecule has 2 rings (SSSR count). The Bertz CT molecular complexity index is 1000. The summed E-state index contributed by atoms with van der Waals surface area (Å²) in [5.41, 5.74) is -0.526. The molecule has 0 aliphatic carbocycles. The molecule has 0 unspecified atom stereocenters. The molecule has 0 bridgehead atoms. The lowest BCUT2D eigenvalue weighted by molar-refractivity contribution is 0.361. The van der Waals surface area contributed by atoms with Crippen LogP contribution < -0.4 is 14.0 Å². The van der Waals surface area contributed by atoms with E-state index in [0.29, 0.717) is 5.56 Å². The van der Waals surface area contributed by atoms with Crippen LogP contribution >= 0.6 is 0 Å². The second-order valence-corrected chi connectivity index (χ2v) is 6.11. The first-order valence-corrected chi connectivity index (χ1v) is 8.10. The van der Waals surface area contributed by atoms with Gasteiger partial charge in [0.25, 0.3) is 0 Å². The van der Waals surface area contributed by atoms with E-state index in [0.717, 1.165) is 18.2 Å². The Hall–Kier alpha value is -2.15. The fraction of sp³-hybridized carbons (Fsp3) is 0.100. The van der Waals surface area contributed by atoms with Crippen LogP contribution in [0.25, 0.3) is 11.0 Å². The molecular formula is C10H8O10S2. The quantitative estimate of drug-likeness (QED) is 0.585. The Balaban J connectivity index is 2.78. The molecule has 0 saturated carbocycles. The predicted octanol–water partition coefficient (Wildman–Crippen LogP) is 0.465. The zero-order valence-electron chi connectivity index (χ0n) is 10.7. The van der Waals surface area contributed by atoms with Gasteiger partial charge in [0.2, 0.25) is 0 Å². The summed E-state index contributed by atoms with van der Waals surface area (Å²) in [4.78, 5) is 11.3. The molecule has 0 aliphatic rings. The number of aryl methyl sites for hydroxylation is 1. The van der Waals surface area contributed by atoms with E-state index in [1.807, 2.05) is 0 Å². The molecule has 1 aromatic heterocycles. The largest absolute Gasteiger partial charge is 0.446 e. The van der Waals surface area contributed by atoms with Gasteiger partial charge < -0.3 is 12.8 Å². The maximum Gasteiger partial charge on any atom is 0.446 e. The van der Waals surface area contributed by atoms with E-state index in [2.05, 4.69) is 8.37 Å². The maximum absolute atomic E-state index is 11.3. The minimum absolute atomic E-state index is 0.147. The third-order valence-electron chi connectivity index (χ3n) is 2.41. The zero-order chi connectivity index (χ0) is 16.7. The summed E-state index contributed by atoms with van der Waals surface area (Å²) in [5.74, 6) is -1.54. The van der Waals surface area contributed by atoms with E-state index in [9.17, 15) is 21.6 Å². The van der Waals surface area contributed by atoms with Crippen molar-refractivity contribution in [3.05, 3.63) is 34.2 Å². The van der Waals surface area contributed by atoms with Crippen LogP contribution in [0.5, 0.6) is 11.5 Å². The van der Waals surface area contributed by atoms with Gasteiger partial charge >= 0.3 is 26.4 Å². The highest BCUT2D eigenvalue weighted by atomic mass is 32.3. The highest BCUT2D eigenvalue weighted by molar-refractivity contribution is 7.81. The van der Waals surface area contributed by atoms with Gasteiger partial charge in [0.05, 0.1) is 0 Å². The minimum atomic E-state index is -5.02. The van der Waals surface area contributed by atoms with Gasteiger partial charge in [-0.15, -0.1) is 0 Å². The molecule has 0 saturated heterocycles. The summed E-state index contributed by atoms with van der Waals surface area (Å²) in [5, 5.41) is 0.195. The third-order valence-corrected chi connectivity index (χ3v) is 3.19. The van der Waals surface area contributed by atoms with E-state index >= 15 is 0 Å². The van der Waals surface area contributed by atoms with Crippen LogP contribution in [0.4, 0.5) is 0 Å². The van der Waals surface area contributed by atoms with Crippen molar-refractivity contribution in [2.24, 2.45) is 0 Å². The van der Waals surface area contributed by atoms with Crippen LogP contribution in [0.1, 0.15) is 5.56 Å². The molecule has 1 heterocycles. The highest BCUT2D eigenvalue weighted by Crippen LogP contribution is 2.34. The summed E-state index contributed by atoms with van der Waals surface area (Å²) in [6.07, 6.45) is 0. The molecular weight excluding hydrogens is 344 g/mol. The van der Waals surface area contributed by atoms with Gasteiger partial charge in [0.15, 0.2) is 11.5 Å². The SMILES string of the molecule is Cc1cc(=O)oc2cc(OS(=O)(=O)O)c(OS(=O)(=O)O)cc12. The van der Waals surface area contributed by atoms with Gasteiger partial charge in [0.1, 0.15) is 5.58 Å². The standard InChI is InChI=1S/C10H8O10S2/c1-5-2-10(11)18-7-4-9(20-22(15,16)17)8(3-6(5)7)19-21(12,13)14/h2-4H,1H3,(H,12,13,14)(H,15,16,17). The number of benzene rings is 1. The van der Waals surface area contributed by atoms with E-state index < -0.39 is 37.9 Å². The van der Waals surface area contributed by atoms with Crippen LogP contribution in [-0.2, 0) is 20.8 Å². The Kier molecular flexibility index (Phi) is 3.87. The van der Waals surface area contributed by atoms with Crippen molar-refractivity contribution in [2.45, 2.75) is 6.92 Å². The van der Waals surface area contributed by atoms with Crippen LogP contribution in [0.15, 0.2) is 27.4 Å². The Morgan fingerprint density at radius 1 is 0.955 bits per heavy atom.